The molecule has 0 radical (unpaired) electrons. The third-order valence-corrected chi connectivity index (χ3v) is 5.72. The lowest BCUT2D eigenvalue weighted by Gasteiger charge is -2.16. The molecule has 0 saturated heterocycles. The predicted octanol–water partition coefficient (Wildman–Crippen LogP) is 3.93. The number of para-hydroxylation sites is 1. The zero-order valence-corrected chi connectivity index (χ0v) is 17.6. The lowest BCUT2D eigenvalue weighted by Crippen LogP contribution is -2.31. The maximum Gasteiger partial charge on any atom is 0.492 e. The maximum atomic E-state index is 13.9. The van der Waals surface area contributed by atoms with Crippen LogP contribution in [0.5, 0.6) is 5.75 Å². The number of hydrogen-bond acceptors (Lipinski definition) is 5. The summed E-state index contributed by atoms with van der Waals surface area (Å²) in [5.41, 5.74) is 4.36. The van der Waals surface area contributed by atoms with E-state index in [9.17, 15) is 14.4 Å². The standard InChI is InChI=1S/C23H16BClFN3O3/c1-32-23-13(3-2-4-16(23)24(30)31)21-10-14(12-5-6-18(26)17(25)9-12)22-15-11-27-29-19(15)7-8-20(22)28-21/h2-11,30-31H,1H3,(H,27,29). The van der Waals surface area contributed by atoms with Gasteiger partial charge < -0.3 is 14.8 Å². The smallest absolute Gasteiger partial charge is 0.492 e. The third kappa shape index (κ3) is 3.29. The number of aromatic amines is 1. The summed E-state index contributed by atoms with van der Waals surface area (Å²) in [6, 6.07) is 15.2. The average Bonchev–Trinajstić information content (AvgIpc) is 3.28. The maximum absolute atomic E-state index is 13.9. The van der Waals surface area contributed by atoms with Crippen LogP contribution in [0.1, 0.15) is 0 Å². The van der Waals surface area contributed by atoms with Crippen molar-refractivity contribution in [3.63, 3.8) is 0 Å². The van der Waals surface area contributed by atoms with Gasteiger partial charge in [-0.05, 0) is 47.5 Å². The normalized spacial score (nSPS) is 11.3. The number of H-pyrrole nitrogens is 1. The number of ether oxygens (including phenoxy) is 1. The van der Waals surface area contributed by atoms with Crippen LogP contribution in [0.3, 0.4) is 0 Å². The van der Waals surface area contributed by atoms with Crippen LogP contribution < -0.4 is 10.2 Å². The van der Waals surface area contributed by atoms with E-state index in [1.165, 1.54) is 13.2 Å². The Hall–Kier alpha value is -3.46. The van der Waals surface area contributed by atoms with Gasteiger partial charge in [0.05, 0.1) is 35.1 Å². The Labute approximate surface area is 187 Å². The molecule has 0 bridgehead atoms. The molecule has 3 N–H and O–H groups in total. The first kappa shape index (κ1) is 20.4. The second-order valence-electron chi connectivity index (χ2n) is 7.28. The van der Waals surface area contributed by atoms with Crippen molar-refractivity contribution in [2.24, 2.45) is 0 Å². The zero-order valence-electron chi connectivity index (χ0n) is 16.8. The predicted molar refractivity (Wildman–Crippen MR) is 124 cm³/mol. The molecule has 6 nitrogen and oxygen atoms in total. The summed E-state index contributed by atoms with van der Waals surface area (Å²) >= 11 is 6.09. The number of aromatic nitrogens is 3. The number of fused-ring (bicyclic) bond motifs is 3. The summed E-state index contributed by atoms with van der Waals surface area (Å²) in [5.74, 6) is -0.199. The van der Waals surface area contributed by atoms with Gasteiger partial charge in [-0.1, -0.05) is 29.8 Å². The van der Waals surface area contributed by atoms with E-state index in [4.69, 9.17) is 21.3 Å². The summed E-state index contributed by atoms with van der Waals surface area (Å²) in [7, 11) is -0.243. The van der Waals surface area contributed by atoms with Gasteiger partial charge in [-0.2, -0.15) is 5.10 Å². The number of nitrogens with one attached hydrogen (secondary N) is 1. The highest BCUT2D eigenvalue weighted by Gasteiger charge is 2.22. The molecule has 0 aliphatic carbocycles. The molecule has 5 rings (SSSR count). The highest BCUT2D eigenvalue weighted by atomic mass is 35.5. The first-order valence-electron chi connectivity index (χ1n) is 9.73. The van der Waals surface area contributed by atoms with Crippen LogP contribution >= 0.6 is 11.6 Å². The molecule has 0 saturated carbocycles. The topological polar surface area (TPSA) is 91.3 Å². The molecular weight excluding hydrogens is 432 g/mol. The van der Waals surface area contributed by atoms with Crippen molar-refractivity contribution in [3.05, 3.63) is 71.6 Å². The molecule has 0 aliphatic heterocycles. The van der Waals surface area contributed by atoms with E-state index < -0.39 is 12.9 Å². The fraction of sp³-hybridized carbons (Fsp3) is 0.0435. The van der Waals surface area contributed by atoms with E-state index in [1.54, 1.807) is 36.5 Å². The highest BCUT2D eigenvalue weighted by Crippen LogP contribution is 2.38. The van der Waals surface area contributed by atoms with Gasteiger partial charge in [-0.15, -0.1) is 0 Å². The number of methoxy groups -OCH3 is 1. The Kier molecular flexibility index (Phi) is 5.05. The fourth-order valence-corrected chi connectivity index (χ4v) is 4.15. The minimum atomic E-state index is -1.70. The minimum absolute atomic E-state index is 0.0105. The Morgan fingerprint density at radius 3 is 2.66 bits per heavy atom. The monoisotopic (exact) mass is 447 g/mol. The van der Waals surface area contributed by atoms with Gasteiger partial charge in [0.15, 0.2) is 0 Å². The van der Waals surface area contributed by atoms with Gasteiger partial charge in [0, 0.05) is 21.8 Å². The van der Waals surface area contributed by atoms with Crippen LogP contribution in [0, 0.1) is 5.82 Å². The third-order valence-electron chi connectivity index (χ3n) is 5.43. The number of hydrogen-bond donors (Lipinski definition) is 3. The molecule has 158 valence electrons. The highest BCUT2D eigenvalue weighted by molar-refractivity contribution is 6.60. The molecule has 0 fully saturated rings. The summed E-state index contributed by atoms with van der Waals surface area (Å²) in [4.78, 5) is 4.82. The number of pyridine rings is 1. The largest absolute Gasteiger partial charge is 0.496 e. The van der Waals surface area contributed by atoms with Crippen LogP contribution in [0.2, 0.25) is 5.02 Å². The molecule has 2 heterocycles. The molecule has 0 atom stereocenters. The lowest BCUT2D eigenvalue weighted by atomic mass is 9.78. The van der Waals surface area contributed by atoms with Gasteiger partial charge in [-0.3, -0.25) is 5.10 Å². The summed E-state index contributed by atoms with van der Waals surface area (Å²) in [6.45, 7) is 0. The van der Waals surface area contributed by atoms with E-state index in [0.717, 1.165) is 21.9 Å². The lowest BCUT2D eigenvalue weighted by molar-refractivity contribution is 0.404. The first-order chi connectivity index (χ1) is 15.5. The van der Waals surface area contributed by atoms with E-state index >= 15 is 0 Å². The van der Waals surface area contributed by atoms with Crippen LogP contribution in [0.25, 0.3) is 44.2 Å². The molecular formula is C23H16BClFN3O3. The van der Waals surface area contributed by atoms with Gasteiger partial charge in [-0.25, -0.2) is 9.37 Å². The Morgan fingerprint density at radius 1 is 1.06 bits per heavy atom. The number of benzene rings is 3. The molecule has 32 heavy (non-hydrogen) atoms. The SMILES string of the molecule is COc1c(B(O)O)cccc1-c1cc(-c2ccc(F)c(Cl)c2)c2c(ccc3[nH]ncc32)n1. The van der Waals surface area contributed by atoms with Gasteiger partial charge in [0.25, 0.3) is 0 Å². The molecule has 0 spiro atoms. The first-order valence-corrected chi connectivity index (χ1v) is 10.1. The molecule has 0 amide bonds. The van der Waals surface area contributed by atoms with Gasteiger partial charge >= 0.3 is 7.12 Å². The zero-order chi connectivity index (χ0) is 22.4. The van der Waals surface area contributed by atoms with Crippen LogP contribution in [-0.4, -0.2) is 39.5 Å². The van der Waals surface area contributed by atoms with Crippen molar-refractivity contribution in [2.75, 3.05) is 7.11 Å². The summed E-state index contributed by atoms with van der Waals surface area (Å²) < 4.78 is 19.4. The van der Waals surface area contributed by atoms with Crippen molar-refractivity contribution in [2.45, 2.75) is 0 Å². The second kappa shape index (κ2) is 7.91. The van der Waals surface area contributed by atoms with Crippen molar-refractivity contribution in [1.29, 1.82) is 0 Å². The number of halogens is 2. The van der Waals surface area contributed by atoms with Gasteiger partial charge in [0.2, 0.25) is 0 Å². The van der Waals surface area contributed by atoms with Crippen molar-refractivity contribution >= 4 is 46.0 Å². The van der Waals surface area contributed by atoms with E-state index in [2.05, 4.69) is 10.2 Å². The van der Waals surface area contributed by atoms with E-state index in [1.807, 2.05) is 18.2 Å². The minimum Gasteiger partial charge on any atom is -0.496 e. The number of nitrogens with zero attached hydrogens (tertiary/aromatic N) is 2. The molecule has 9 heteroatoms. The van der Waals surface area contributed by atoms with E-state index in [0.29, 0.717) is 28.1 Å². The van der Waals surface area contributed by atoms with Crippen molar-refractivity contribution < 1.29 is 19.2 Å². The molecule has 0 aliphatic rings. The Bertz CT molecular complexity index is 1490. The molecule has 3 aromatic carbocycles. The Balaban J connectivity index is 1.87. The van der Waals surface area contributed by atoms with Crippen LogP contribution in [0.15, 0.2) is 60.8 Å². The quantitative estimate of drug-likeness (QED) is 0.363. The molecule has 0 unspecified atom stereocenters. The summed E-state index contributed by atoms with van der Waals surface area (Å²) in [6.07, 6.45) is 1.72. The van der Waals surface area contributed by atoms with Crippen molar-refractivity contribution in [1.82, 2.24) is 15.2 Å². The van der Waals surface area contributed by atoms with Crippen molar-refractivity contribution in [3.8, 4) is 28.1 Å². The number of rotatable bonds is 4. The summed E-state index contributed by atoms with van der Waals surface area (Å²) in [5, 5.41) is 28.3. The second-order valence-corrected chi connectivity index (χ2v) is 7.68. The van der Waals surface area contributed by atoms with Crippen LogP contribution in [0.4, 0.5) is 4.39 Å². The van der Waals surface area contributed by atoms with Crippen LogP contribution in [-0.2, 0) is 0 Å². The fourth-order valence-electron chi connectivity index (χ4n) is 3.97. The Morgan fingerprint density at radius 2 is 1.91 bits per heavy atom. The molecule has 5 aromatic rings. The van der Waals surface area contributed by atoms with E-state index in [-0.39, 0.29) is 10.5 Å². The average molecular weight is 448 g/mol. The van der Waals surface area contributed by atoms with Gasteiger partial charge in [0.1, 0.15) is 11.6 Å². The molecule has 2 aromatic heterocycles.